The Hall–Kier alpha value is -0.920. The van der Waals surface area contributed by atoms with Crippen molar-refractivity contribution in [1.29, 1.82) is 0 Å². The van der Waals surface area contributed by atoms with Crippen LogP contribution in [0.1, 0.15) is 38.7 Å². The van der Waals surface area contributed by atoms with E-state index >= 15 is 0 Å². The SMILES string of the molecule is CCC(C)NC(N)=NCC1(c2c(F)cccc2F)CC1.I. The van der Waals surface area contributed by atoms with Crippen LogP contribution in [0.4, 0.5) is 8.78 Å². The molecule has 0 spiro atoms. The highest BCUT2D eigenvalue weighted by Gasteiger charge is 2.47. The summed E-state index contributed by atoms with van der Waals surface area (Å²) >= 11 is 0. The molecule has 1 unspecified atom stereocenters. The molecule has 118 valence electrons. The number of benzene rings is 1. The molecule has 0 aliphatic heterocycles. The molecule has 0 aromatic heterocycles. The standard InChI is InChI=1S/C15H21F2N3.HI/c1-3-10(2)20-14(18)19-9-15(7-8-15)13-11(16)5-4-6-12(13)17;/h4-6,10H,3,7-9H2,1-2H3,(H3,18,19,20);1H. The molecule has 1 aromatic rings. The van der Waals surface area contributed by atoms with Crippen LogP contribution in [0.5, 0.6) is 0 Å². The van der Waals surface area contributed by atoms with Crippen molar-refractivity contribution in [3.8, 4) is 0 Å². The van der Waals surface area contributed by atoms with Gasteiger partial charge in [-0.1, -0.05) is 13.0 Å². The second-order valence-electron chi connectivity index (χ2n) is 5.53. The third-order valence-electron chi connectivity index (χ3n) is 3.91. The molecule has 0 radical (unpaired) electrons. The minimum atomic E-state index is -0.517. The largest absolute Gasteiger partial charge is 0.370 e. The fourth-order valence-electron chi connectivity index (χ4n) is 2.28. The molecule has 0 saturated heterocycles. The normalized spacial score (nSPS) is 17.8. The van der Waals surface area contributed by atoms with Gasteiger partial charge in [-0.25, -0.2) is 8.78 Å². The van der Waals surface area contributed by atoms with Gasteiger partial charge in [0, 0.05) is 17.0 Å². The van der Waals surface area contributed by atoms with E-state index in [4.69, 9.17) is 5.73 Å². The molecule has 3 nitrogen and oxygen atoms in total. The van der Waals surface area contributed by atoms with Gasteiger partial charge in [0.2, 0.25) is 0 Å². The predicted octanol–water partition coefficient (Wildman–Crippen LogP) is 3.32. The Balaban J connectivity index is 0.00000220. The lowest BCUT2D eigenvalue weighted by molar-refractivity contribution is 0.516. The zero-order valence-corrected chi connectivity index (χ0v) is 14.7. The predicted molar refractivity (Wildman–Crippen MR) is 92.1 cm³/mol. The Morgan fingerprint density at radius 1 is 1.38 bits per heavy atom. The van der Waals surface area contributed by atoms with Crippen LogP contribution in [-0.4, -0.2) is 18.5 Å². The molecule has 1 aliphatic rings. The van der Waals surface area contributed by atoms with Crippen molar-refractivity contribution in [2.45, 2.75) is 44.6 Å². The molecule has 6 heteroatoms. The third kappa shape index (κ3) is 4.28. The van der Waals surface area contributed by atoms with Gasteiger partial charge in [-0.05, 0) is 38.3 Å². The Morgan fingerprint density at radius 3 is 2.43 bits per heavy atom. The van der Waals surface area contributed by atoms with Gasteiger partial charge in [-0.2, -0.15) is 0 Å². The van der Waals surface area contributed by atoms with Crippen LogP contribution in [-0.2, 0) is 5.41 Å². The van der Waals surface area contributed by atoms with Gasteiger partial charge in [0.15, 0.2) is 5.96 Å². The first-order chi connectivity index (χ1) is 9.48. The number of hydrogen-bond acceptors (Lipinski definition) is 1. The summed E-state index contributed by atoms with van der Waals surface area (Å²) in [4.78, 5) is 4.25. The Morgan fingerprint density at radius 2 is 1.95 bits per heavy atom. The fraction of sp³-hybridized carbons (Fsp3) is 0.533. The zero-order chi connectivity index (χ0) is 14.8. The van der Waals surface area contributed by atoms with E-state index in [-0.39, 0.29) is 35.6 Å². The van der Waals surface area contributed by atoms with Crippen LogP contribution in [0.25, 0.3) is 0 Å². The summed E-state index contributed by atoms with van der Waals surface area (Å²) in [5, 5.41) is 3.05. The van der Waals surface area contributed by atoms with E-state index in [0.717, 1.165) is 19.3 Å². The molecule has 1 aromatic carbocycles. The molecule has 1 aliphatic carbocycles. The molecule has 21 heavy (non-hydrogen) atoms. The lowest BCUT2D eigenvalue weighted by Gasteiger charge is -2.17. The van der Waals surface area contributed by atoms with E-state index in [9.17, 15) is 8.78 Å². The minimum absolute atomic E-state index is 0. The number of nitrogens with one attached hydrogen (secondary N) is 1. The molecule has 0 amide bonds. The van der Waals surface area contributed by atoms with Crippen LogP contribution in [0, 0.1) is 11.6 Å². The number of halogens is 3. The maximum Gasteiger partial charge on any atom is 0.188 e. The highest BCUT2D eigenvalue weighted by Crippen LogP contribution is 2.50. The van der Waals surface area contributed by atoms with Gasteiger partial charge in [0.25, 0.3) is 0 Å². The molecule has 1 atom stereocenters. The van der Waals surface area contributed by atoms with Crippen molar-refractivity contribution in [3.05, 3.63) is 35.4 Å². The van der Waals surface area contributed by atoms with Gasteiger partial charge in [-0.15, -0.1) is 24.0 Å². The van der Waals surface area contributed by atoms with Gasteiger partial charge < -0.3 is 11.1 Å². The van der Waals surface area contributed by atoms with Crippen LogP contribution in [0.15, 0.2) is 23.2 Å². The third-order valence-corrected chi connectivity index (χ3v) is 3.91. The quantitative estimate of drug-likeness (QED) is 0.446. The second kappa shape index (κ2) is 7.38. The van der Waals surface area contributed by atoms with Crippen molar-refractivity contribution in [2.24, 2.45) is 10.7 Å². The Bertz CT molecular complexity index is 495. The van der Waals surface area contributed by atoms with E-state index in [0.29, 0.717) is 12.5 Å². The molecule has 3 N–H and O–H groups in total. The number of hydrogen-bond donors (Lipinski definition) is 2. The lowest BCUT2D eigenvalue weighted by atomic mass is 9.95. The van der Waals surface area contributed by atoms with E-state index < -0.39 is 17.0 Å². The smallest absolute Gasteiger partial charge is 0.188 e. The number of guanidine groups is 1. The number of nitrogens with two attached hydrogens (primary N) is 1. The van der Waals surface area contributed by atoms with Crippen LogP contribution >= 0.6 is 24.0 Å². The van der Waals surface area contributed by atoms with Crippen LogP contribution < -0.4 is 11.1 Å². The molecule has 0 bridgehead atoms. The second-order valence-corrected chi connectivity index (χ2v) is 5.53. The molecule has 2 rings (SSSR count). The van der Waals surface area contributed by atoms with Crippen molar-refractivity contribution in [3.63, 3.8) is 0 Å². The van der Waals surface area contributed by atoms with E-state index in [1.807, 2.05) is 13.8 Å². The maximum absolute atomic E-state index is 13.8. The molecular weight excluding hydrogens is 387 g/mol. The average molecular weight is 409 g/mol. The Kier molecular flexibility index (Phi) is 6.37. The van der Waals surface area contributed by atoms with Gasteiger partial charge in [0.1, 0.15) is 11.6 Å². The van der Waals surface area contributed by atoms with Crippen molar-refractivity contribution >= 4 is 29.9 Å². The summed E-state index contributed by atoms with van der Waals surface area (Å²) in [6, 6.07) is 4.21. The highest BCUT2D eigenvalue weighted by molar-refractivity contribution is 14.0. The minimum Gasteiger partial charge on any atom is -0.370 e. The van der Waals surface area contributed by atoms with E-state index in [1.54, 1.807) is 0 Å². The zero-order valence-electron chi connectivity index (χ0n) is 12.3. The molecule has 0 heterocycles. The summed E-state index contributed by atoms with van der Waals surface area (Å²) in [6.45, 7) is 4.37. The fourth-order valence-corrected chi connectivity index (χ4v) is 2.28. The lowest BCUT2D eigenvalue weighted by Crippen LogP contribution is -2.38. The summed E-state index contributed by atoms with van der Waals surface area (Å²) in [7, 11) is 0. The number of nitrogens with zero attached hydrogens (tertiary/aromatic N) is 1. The first-order valence-electron chi connectivity index (χ1n) is 6.99. The van der Waals surface area contributed by atoms with Gasteiger partial charge in [0.05, 0.1) is 6.54 Å². The summed E-state index contributed by atoms with van der Waals surface area (Å²) < 4.78 is 27.7. The van der Waals surface area contributed by atoms with Crippen LogP contribution in [0.3, 0.4) is 0 Å². The van der Waals surface area contributed by atoms with Crippen molar-refractivity contribution < 1.29 is 8.78 Å². The monoisotopic (exact) mass is 409 g/mol. The highest BCUT2D eigenvalue weighted by atomic mass is 127. The average Bonchev–Trinajstić information content (AvgIpc) is 3.17. The molecular formula is C15H22F2IN3. The first kappa shape index (κ1) is 18.1. The topological polar surface area (TPSA) is 50.4 Å². The van der Waals surface area contributed by atoms with Crippen LogP contribution in [0.2, 0.25) is 0 Å². The number of rotatable bonds is 5. The Labute approximate surface area is 141 Å². The van der Waals surface area contributed by atoms with Crippen molar-refractivity contribution in [2.75, 3.05) is 6.54 Å². The van der Waals surface area contributed by atoms with Gasteiger partial charge >= 0.3 is 0 Å². The molecule has 1 fully saturated rings. The van der Waals surface area contributed by atoms with E-state index in [1.165, 1.54) is 18.2 Å². The number of aliphatic imine (C=N–C) groups is 1. The van der Waals surface area contributed by atoms with Gasteiger partial charge in [-0.3, -0.25) is 4.99 Å². The summed E-state index contributed by atoms with van der Waals surface area (Å²) in [6.07, 6.45) is 2.42. The summed E-state index contributed by atoms with van der Waals surface area (Å²) in [5.74, 6) is -0.653. The van der Waals surface area contributed by atoms with Crippen molar-refractivity contribution in [1.82, 2.24) is 5.32 Å². The maximum atomic E-state index is 13.8. The van der Waals surface area contributed by atoms with E-state index in [2.05, 4.69) is 10.3 Å². The molecule has 1 saturated carbocycles. The summed E-state index contributed by atoms with van der Waals surface area (Å²) in [5.41, 5.74) is 5.43. The first-order valence-corrected chi connectivity index (χ1v) is 6.99.